The summed E-state index contributed by atoms with van der Waals surface area (Å²) in [6, 6.07) is 15.5. The Morgan fingerprint density at radius 2 is 1.50 bits per heavy atom. The second-order valence-corrected chi connectivity index (χ2v) is 6.38. The van der Waals surface area contributed by atoms with Crippen molar-refractivity contribution in [1.82, 2.24) is 9.97 Å². The summed E-state index contributed by atoms with van der Waals surface area (Å²) in [4.78, 5) is 21.5. The predicted molar refractivity (Wildman–Crippen MR) is 105 cm³/mol. The number of carbonyl (C=O) groups excluding carboxylic acids is 1. The smallest absolute Gasteiger partial charge is 0.274 e. The van der Waals surface area contributed by atoms with Gasteiger partial charge in [-0.1, -0.05) is 36.4 Å². The molecule has 0 radical (unpaired) electrons. The van der Waals surface area contributed by atoms with Crippen LogP contribution in [-0.4, -0.2) is 15.9 Å². The molecule has 0 unspecified atom stereocenters. The zero-order valence-electron chi connectivity index (χ0n) is 15.4. The fraction of sp³-hybridized carbons (Fsp3) is 0.190. The molecular weight excluding hydrogens is 324 g/mol. The van der Waals surface area contributed by atoms with E-state index in [1.807, 2.05) is 70.2 Å². The van der Waals surface area contributed by atoms with Crippen LogP contribution in [0.3, 0.4) is 0 Å². The van der Waals surface area contributed by atoms with Crippen molar-refractivity contribution in [3.63, 3.8) is 0 Å². The Morgan fingerprint density at radius 3 is 2.19 bits per heavy atom. The summed E-state index contributed by atoms with van der Waals surface area (Å²) in [5.74, 6) is 0.159. The molecule has 5 heteroatoms. The molecule has 3 rings (SSSR count). The lowest BCUT2D eigenvalue weighted by Crippen LogP contribution is -2.17. The number of carbonyl (C=O) groups is 1. The average molecular weight is 346 g/mol. The normalized spacial score (nSPS) is 10.5. The molecule has 0 saturated heterocycles. The van der Waals surface area contributed by atoms with Crippen LogP contribution < -0.4 is 10.6 Å². The third-order valence-corrected chi connectivity index (χ3v) is 4.20. The quantitative estimate of drug-likeness (QED) is 0.718. The Morgan fingerprint density at radius 1 is 0.846 bits per heavy atom. The number of nitrogens with one attached hydrogen (secondary N) is 2. The topological polar surface area (TPSA) is 66.9 Å². The number of amides is 1. The van der Waals surface area contributed by atoms with Gasteiger partial charge in [-0.05, 0) is 56.5 Å². The van der Waals surface area contributed by atoms with E-state index in [4.69, 9.17) is 0 Å². The van der Waals surface area contributed by atoms with Crippen LogP contribution in [0.2, 0.25) is 0 Å². The zero-order chi connectivity index (χ0) is 18.7. The fourth-order valence-corrected chi connectivity index (χ4v) is 2.76. The molecule has 0 spiro atoms. The Bertz CT molecular complexity index is 946. The van der Waals surface area contributed by atoms with Crippen molar-refractivity contribution in [2.75, 3.05) is 10.6 Å². The fourth-order valence-electron chi connectivity index (χ4n) is 2.76. The van der Waals surface area contributed by atoms with Crippen LogP contribution >= 0.6 is 0 Å². The maximum absolute atomic E-state index is 12.7. The first-order valence-corrected chi connectivity index (χ1v) is 8.50. The van der Waals surface area contributed by atoms with Crippen molar-refractivity contribution in [2.24, 2.45) is 0 Å². The van der Waals surface area contributed by atoms with E-state index < -0.39 is 0 Å². The first-order chi connectivity index (χ1) is 12.4. The molecule has 1 amide bonds. The van der Waals surface area contributed by atoms with Gasteiger partial charge < -0.3 is 10.6 Å². The molecule has 0 bridgehead atoms. The van der Waals surface area contributed by atoms with Crippen molar-refractivity contribution in [1.29, 1.82) is 0 Å². The highest BCUT2D eigenvalue weighted by atomic mass is 16.1. The summed E-state index contributed by atoms with van der Waals surface area (Å²) in [6.45, 7) is 7.80. The van der Waals surface area contributed by atoms with Gasteiger partial charge in [-0.25, -0.2) is 9.97 Å². The number of rotatable bonds is 4. The molecule has 0 fully saturated rings. The van der Waals surface area contributed by atoms with Crippen molar-refractivity contribution >= 4 is 23.2 Å². The van der Waals surface area contributed by atoms with Crippen LogP contribution in [0.1, 0.15) is 32.9 Å². The number of benzene rings is 2. The Labute approximate surface area is 153 Å². The Kier molecular flexibility index (Phi) is 4.98. The van der Waals surface area contributed by atoms with Crippen molar-refractivity contribution < 1.29 is 4.79 Å². The molecule has 0 saturated carbocycles. The van der Waals surface area contributed by atoms with Gasteiger partial charge in [0.15, 0.2) is 0 Å². The minimum absolute atomic E-state index is 0.249. The SMILES string of the molecule is Cc1cc(C(=O)Nc2c(C)cccc2C)nc(Nc2ccccc2C)n1. The summed E-state index contributed by atoms with van der Waals surface area (Å²) in [5.41, 5.74) is 5.91. The zero-order valence-corrected chi connectivity index (χ0v) is 15.4. The van der Waals surface area contributed by atoms with Crippen molar-refractivity contribution in [3.8, 4) is 0 Å². The standard InChI is InChI=1S/C21H22N4O/c1-13-8-5-6-11-17(13)23-21-22-16(4)12-18(24-21)20(26)25-19-14(2)9-7-10-15(19)3/h5-12H,1-4H3,(H,25,26)(H,22,23,24). The summed E-state index contributed by atoms with van der Waals surface area (Å²) >= 11 is 0. The van der Waals surface area contributed by atoms with Gasteiger partial charge in [-0.3, -0.25) is 4.79 Å². The predicted octanol–water partition coefficient (Wildman–Crippen LogP) is 4.71. The molecular formula is C21H22N4O. The maximum atomic E-state index is 12.7. The van der Waals surface area contributed by atoms with E-state index in [2.05, 4.69) is 20.6 Å². The monoisotopic (exact) mass is 346 g/mol. The number of nitrogens with zero attached hydrogens (tertiary/aromatic N) is 2. The van der Waals surface area contributed by atoms with E-state index in [0.29, 0.717) is 11.6 Å². The van der Waals surface area contributed by atoms with E-state index in [-0.39, 0.29) is 5.91 Å². The number of hydrogen-bond donors (Lipinski definition) is 2. The largest absolute Gasteiger partial charge is 0.324 e. The third-order valence-electron chi connectivity index (χ3n) is 4.20. The molecule has 0 atom stereocenters. The number of aromatic nitrogens is 2. The minimum atomic E-state index is -0.249. The molecule has 1 aromatic heterocycles. The van der Waals surface area contributed by atoms with Gasteiger partial charge in [0.25, 0.3) is 5.91 Å². The van der Waals surface area contributed by atoms with Gasteiger partial charge in [0.05, 0.1) is 0 Å². The van der Waals surface area contributed by atoms with E-state index in [9.17, 15) is 4.79 Å². The summed E-state index contributed by atoms with van der Waals surface area (Å²) in [6.07, 6.45) is 0. The lowest BCUT2D eigenvalue weighted by atomic mass is 10.1. The van der Waals surface area contributed by atoms with Gasteiger partial charge in [0, 0.05) is 17.1 Å². The molecule has 2 N–H and O–H groups in total. The molecule has 5 nitrogen and oxygen atoms in total. The van der Waals surface area contributed by atoms with Crippen LogP contribution in [-0.2, 0) is 0 Å². The number of anilines is 3. The number of aryl methyl sites for hydroxylation is 4. The molecule has 1 heterocycles. The molecule has 132 valence electrons. The van der Waals surface area contributed by atoms with Crippen LogP contribution in [0, 0.1) is 27.7 Å². The molecule has 0 aliphatic heterocycles. The van der Waals surface area contributed by atoms with Crippen molar-refractivity contribution in [3.05, 3.63) is 76.6 Å². The number of para-hydroxylation sites is 2. The second kappa shape index (κ2) is 7.35. The van der Waals surface area contributed by atoms with Crippen LogP contribution in [0.25, 0.3) is 0 Å². The van der Waals surface area contributed by atoms with E-state index in [1.54, 1.807) is 6.07 Å². The summed E-state index contributed by atoms with van der Waals surface area (Å²) < 4.78 is 0. The second-order valence-electron chi connectivity index (χ2n) is 6.38. The summed E-state index contributed by atoms with van der Waals surface area (Å²) in [7, 11) is 0. The Hall–Kier alpha value is -3.21. The number of hydrogen-bond acceptors (Lipinski definition) is 4. The van der Waals surface area contributed by atoms with Gasteiger partial charge >= 0.3 is 0 Å². The van der Waals surface area contributed by atoms with Gasteiger partial charge in [0.2, 0.25) is 5.95 Å². The molecule has 2 aromatic carbocycles. The summed E-state index contributed by atoms with van der Waals surface area (Å²) in [5, 5.41) is 6.16. The van der Waals surface area contributed by atoms with Gasteiger partial charge in [0.1, 0.15) is 5.69 Å². The van der Waals surface area contributed by atoms with E-state index in [0.717, 1.165) is 33.8 Å². The molecule has 0 aliphatic carbocycles. The highest BCUT2D eigenvalue weighted by Crippen LogP contribution is 2.21. The van der Waals surface area contributed by atoms with Crippen LogP contribution in [0.15, 0.2) is 48.5 Å². The first kappa shape index (κ1) is 17.6. The first-order valence-electron chi connectivity index (χ1n) is 8.50. The maximum Gasteiger partial charge on any atom is 0.274 e. The van der Waals surface area contributed by atoms with Gasteiger partial charge in [-0.15, -0.1) is 0 Å². The highest BCUT2D eigenvalue weighted by Gasteiger charge is 2.13. The van der Waals surface area contributed by atoms with Crippen LogP contribution in [0.4, 0.5) is 17.3 Å². The van der Waals surface area contributed by atoms with Gasteiger partial charge in [-0.2, -0.15) is 0 Å². The van der Waals surface area contributed by atoms with E-state index in [1.165, 1.54) is 0 Å². The lowest BCUT2D eigenvalue weighted by Gasteiger charge is -2.13. The lowest BCUT2D eigenvalue weighted by molar-refractivity contribution is 0.102. The van der Waals surface area contributed by atoms with E-state index >= 15 is 0 Å². The van der Waals surface area contributed by atoms with Crippen molar-refractivity contribution in [2.45, 2.75) is 27.7 Å². The highest BCUT2D eigenvalue weighted by molar-refractivity contribution is 6.04. The molecule has 3 aromatic rings. The minimum Gasteiger partial charge on any atom is -0.324 e. The average Bonchev–Trinajstić information content (AvgIpc) is 2.59. The molecule has 0 aliphatic rings. The third kappa shape index (κ3) is 3.88. The van der Waals surface area contributed by atoms with Crippen LogP contribution in [0.5, 0.6) is 0 Å². The Balaban J connectivity index is 1.87. The molecule has 26 heavy (non-hydrogen) atoms.